The van der Waals surface area contributed by atoms with E-state index in [1.165, 1.54) is 0 Å². The molecule has 7 heteroatoms. The van der Waals surface area contributed by atoms with Crippen molar-refractivity contribution in [3.8, 4) is 0 Å². The minimum Gasteiger partial charge on any atom is -0.444 e. The molecule has 0 N–H and O–H groups in total. The number of nitrogens with zero attached hydrogens (tertiary/aromatic N) is 3. The molecule has 7 nitrogen and oxygen atoms in total. The van der Waals surface area contributed by atoms with Crippen LogP contribution in [-0.2, 0) is 9.47 Å². The van der Waals surface area contributed by atoms with Gasteiger partial charge >= 0.3 is 12.1 Å². The molecular formula is C23H35N3O4. The third-order valence-corrected chi connectivity index (χ3v) is 5.79. The number of hydrogen-bond donors (Lipinski definition) is 0. The summed E-state index contributed by atoms with van der Waals surface area (Å²) in [4.78, 5) is 31.4. The molecule has 30 heavy (non-hydrogen) atoms. The number of likely N-dealkylation sites (tertiary alicyclic amines) is 1. The number of urea groups is 1. The quantitative estimate of drug-likeness (QED) is 0.729. The van der Waals surface area contributed by atoms with Gasteiger partial charge in [-0.2, -0.15) is 0 Å². The molecule has 0 bridgehead atoms. The van der Waals surface area contributed by atoms with Crippen LogP contribution in [0.1, 0.15) is 52.1 Å². The van der Waals surface area contributed by atoms with Crippen LogP contribution >= 0.6 is 0 Å². The molecule has 0 saturated carbocycles. The lowest BCUT2D eigenvalue weighted by Gasteiger charge is -2.39. The van der Waals surface area contributed by atoms with Gasteiger partial charge in [0.1, 0.15) is 5.60 Å². The lowest BCUT2D eigenvalue weighted by molar-refractivity contribution is 0.0157. The molecule has 1 aromatic carbocycles. The first kappa shape index (κ1) is 22.4. The zero-order chi connectivity index (χ0) is 21.9. The van der Waals surface area contributed by atoms with Gasteiger partial charge in [-0.05, 0) is 46.1 Å². The summed E-state index contributed by atoms with van der Waals surface area (Å²) in [6, 6.07) is 10.4. The van der Waals surface area contributed by atoms with Crippen molar-refractivity contribution in [1.82, 2.24) is 14.7 Å². The standard InChI is InChI=1S/C23H35N3O4/c1-17(29-5)15-25-16-20(18-9-7-6-8-10-18)26(21(25)27)19-11-13-24(14-12-19)22(28)30-23(2,3)4/h6-10,17,19-20H,11-16H2,1-5H3/t17-,20+/m1/s1. The maximum Gasteiger partial charge on any atom is 0.410 e. The van der Waals surface area contributed by atoms with Crippen LogP contribution in [0.15, 0.2) is 30.3 Å². The number of benzene rings is 1. The number of methoxy groups -OCH3 is 1. The highest BCUT2D eigenvalue weighted by atomic mass is 16.6. The highest BCUT2D eigenvalue weighted by molar-refractivity contribution is 5.78. The van der Waals surface area contributed by atoms with Gasteiger partial charge in [0.05, 0.1) is 12.1 Å². The lowest BCUT2D eigenvalue weighted by Crippen LogP contribution is -2.49. The minimum atomic E-state index is -0.504. The molecule has 166 valence electrons. The van der Waals surface area contributed by atoms with Gasteiger partial charge in [-0.25, -0.2) is 9.59 Å². The van der Waals surface area contributed by atoms with E-state index in [1.54, 1.807) is 12.0 Å². The first-order valence-corrected chi connectivity index (χ1v) is 10.8. The van der Waals surface area contributed by atoms with Crippen LogP contribution in [0.25, 0.3) is 0 Å². The van der Waals surface area contributed by atoms with E-state index in [-0.39, 0.29) is 30.3 Å². The van der Waals surface area contributed by atoms with Crippen LogP contribution in [0.5, 0.6) is 0 Å². The predicted molar refractivity (Wildman–Crippen MR) is 115 cm³/mol. The molecule has 2 atom stereocenters. The van der Waals surface area contributed by atoms with Crippen molar-refractivity contribution in [3.05, 3.63) is 35.9 Å². The molecule has 0 aliphatic carbocycles. The van der Waals surface area contributed by atoms with Crippen molar-refractivity contribution in [2.75, 3.05) is 33.3 Å². The Bertz CT molecular complexity index is 726. The fourth-order valence-corrected chi connectivity index (χ4v) is 4.21. The molecule has 3 amide bonds. The molecule has 3 rings (SSSR count). The normalized spacial score (nSPS) is 21.8. The van der Waals surface area contributed by atoms with Gasteiger partial charge in [0.2, 0.25) is 0 Å². The Kier molecular flexibility index (Phi) is 6.91. The van der Waals surface area contributed by atoms with Crippen LogP contribution in [0.3, 0.4) is 0 Å². The summed E-state index contributed by atoms with van der Waals surface area (Å²) >= 11 is 0. The molecule has 2 heterocycles. The second-order valence-corrected chi connectivity index (χ2v) is 9.27. The van der Waals surface area contributed by atoms with Gasteiger partial charge < -0.3 is 24.2 Å². The molecular weight excluding hydrogens is 382 g/mol. The van der Waals surface area contributed by atoms with Crippen LogP contribution in [0.4, 0.5) is 9.59 Å². The monoisotopic (exact) mass is 417 g/mol. The van der Waals surface area contributed by atoms with E-state index in [4.69, 9.17) is 9.47 Å². The smallest absolute Gasteiger partial charge is 0.410 e. The highest BCUT2D eigenvalue weighted by Crippen LogP contribution is 2.35. The number of carbonyl (C=O) groups excluding carboxylic acids is 2. The summed E-state index contributed by atoms with van der Waals surface area (Å²) in [6.07, 6.45) is 1.22. The van der Waals surface area contributed by atoms with Gasteiger partial charge in [-0.15, -0.1) is 0 Å². The van der Waals surface area contributed by atoms with Crippen molar-refractivity contribution in [2.24, 2.45) is 0 Å². The van der Waals surface area contributed by atoms with E-state index in [0.717, 1.165) is 18.4 Å². The molecule has 0 unspecified atom stereocenters. The Labute approximate surface area is 179 Å². The predicted octanol–water partition coefficient (Wildman–Crippen LogP) is 3.90. The minimum absolute atomic E-state index is 0.0145. The van der Waals surface area contributed by atoms with Gasteiger partial charge in [0, 0.05) is 39.3 Å². The van der Waals surface area contributed by atoms with Gasteiger partial charge in [0.15, 0.2) is 0 Å². The van der Waals surface area contributed by atoms with E-state index in [0.29, 0.717) is 26.2 Å². The van der Waals surface area contributed by atoms with Crippen LogP contribution in [-0.4, -0.2) is 77.9 Å². The molecule has 2 fully saturated rings. The zero-order valence-electron chi connectivity index (χ0n) is 18.8. The number of amides is 3. The van der Waals surface area contributed by atoms with E-state index >= 15 is 0 Å². The first-order chi connectivity index (χ1) is 14.2. The van der Waals surface area contributed by atoms with E-state index in [2.05, 4.69) is 12.1 Å². The molecule has 0 aromatic heterocycles. The summed E-state index contributed by atoms with van der Waals surface area (Å²) in [5.74, 6) is 0. The number of hydrogen-bond acceptors (Lipinski definition) is 4. The SMILES string of the molecule is CO[C@H](C)CN1C[C@@H](c2ccccc2)N(C2CCN(C(=O)OC(C)(C)C)CC2)C1=O. The number of ether oxygens (including phenoxy) is 2. The number of rotatable bonds is 5. The van der Waals surface area contributed by atoms with Crippen molar-refractivity contribution in [1.29, 1.82) is 0 Å². The molecule has 0 spiro atoms. The average molecular weight is 418 g/mol. The topological polar surface area (TPSA) is 62.3 Å². The largest absolute Gasteiger partial charge is 0.444 e. The third-order valence-electron chi connectivity index (χ3n) is 5.79. The van der Waals surface area contributed by atoms with E-state index in [9.17, 15) is 9.59 Å². The molecule has 2 aliphatic rings. The van der Waals surface area contributed by atoms with Gasteiger partial charge in [-0.3, -0.25) is 0 Å². The Hall–Kier alpha value is -2.28. The number of carbonyl (C=O) groups is 2. The van der Waals surface area contributed by atoms with Gasteiger partial charge in [-0.1, -0.05) is 30.3 Å². The zero-order valence-corrected chi connectivity index (χ0v) is 18.8. The Morgan fingerprint density at radius 2 is 1.80 bits per heavy atom. The number of piperidine rings is 1. The van der Waals surface area contributed by atoms with E-state index < -0.39 is 5.60 Å². The van der Waals surface area contributed by atoms with Crippen molar-refractivity contribution >= 4 is 12.1 Å². The second-order valence-electron chi connectivity index (χ2n) is 9.27. The third kappa shape index (κ3) is 5.25. The highest BCUT2D eigenvalue weighted by Gasteiger charge is 2.43. The first-order valence-electron chi connectivity index (χ1n) is 10.8. The summed E-state index contributed by atoms with van der Waals surface area (Å²) in [6.45, 7) is 10.0. The van der Waals surface area contributed by atoms with E-state index in [1.807, 2.05) is 55.7 Å². The Balaban J connectivity index is 1.72. The maximum atomic E-state index is 13.3. The summed E-state index contributed by atoms with van der Waals surface area (Å²) in [5, 5.41) is 0. The van der Waals surface area contributed by atoms with Crippen molar-refractivity contribution in [3.63, 3.8) is 0 Å². The lowest BCUT2D eigenvalue weighted by atomic mass is 9.99. The fourth-order valence-electron chi connectivity index (χ4n) is 4.21. The molecule has 2 saturated heterocycles. The molecule has 2 aliphatic heterocycles. The van der Waals surface area contributed by atoms with Crippen molar-refractivity contribution in [2.45, 2.75) is 64.3 Å². The van der Waals surface area contributed by atoms with Crippen LogP contribution in [0.2, 0.25) is 0 Å². The van der Waals surface area contributed by atoms with Crippen LogP contribution < -0.4 is 0 Å². The van der Waals surface area contributed by atoms with Crippen LogP contribution in [0, 0.1) is 0 Å². The Morgan fingerprint density at radius 3 is 2.37 bits per heavy atom. The summed E-state index contributed by atoms with van der Waals surface area (Å²) in [7, 11) is 1.67. The second kappa shape index (κ2) is 9.25. The average Bonchev–Trinajstić information content (AvgIpc) is 3.03. The fraction of sp³-hybridized carbons (Fsp3) is 0.652. The Morgan fingerprint density at radius 1 is 1.17 bits per heavy atom. The molecule has 0 radical (unpaired) electrons. The summed E-state index contributed by atoms with van der Waals surface area (Å²) < 4.78 is 10.9. The summed E-state index contributed by atoms with van der Waals surface area (Å²) in [5.41, 5.74) is 0.642. The van der Waals surface area contributed by atoms with Crippen molar-refractivity contribution < 1.29 is 19.1 Å². The maximum absolute atomic E-state index is 13.3. The van der Waals surface area contributed by atoms with Gasteiger partial charge in [0.25, 0.3) is 0 Å². The molecule has 1 aromatic rings.